The number of carbonyl (C=O) groups is 2. The SMILES string of the molecule is C=CC(=O)NCNC(=O)CCN. The minimum Gasteiger partial charge on any atom is -0.339 e. The predicted molar refractivity (Wildman–Crippen MR) is 45.0 cm³/mol. The van der Waals surface area contributed by atoms with E-state index in [9.17, 15) is 9.59 Å². The summed E-state index contributed by atoms with van der Waals surface area (Å²) < 4.78 is 0. The van der Waals surface area contributed by atoms with E-state index in [0.29, 0.717) is 6.54 Å². The molecule has 0 radical (unpaired) electrons. The normalized spacial score (nSPS) is 8.75. The number of nitrogens with one attached hydrogen (secondary N) is 2. The summed E-state index contributed by atoms with van der Waals surface area (Å²) in [6, 6.07) is 0. The van der Waals surface area contributed by atoms with Gasteiger partial charge >= 0.3 is 0 Å². The lowest BCUT2D eigenvalue weighted by Crippen LogP contribution is -2.37. The highest BCUT2D eigenvalue weighted by Crippen LogP contribution is 1.72. The van der Waals surface area contributed by atoms with Crippen molar-refractivity contribution in [3.63, 3.8) is 0 Å². The van der Waals surface area contributed by atoms with Crippen LogP contribution in [0.25, 0.3) is 0 Å². The van der Waals surface area contributed by atoms with E-state index in [4.69, 9.17) is 5.73 Å². The average molecular weight is 171 g/mol. The lowest BCUT2D eigenvalue weighted by Gasteiger charge is -2.03. The Morgan fingerprint density at radius 1 is 1.42 bits per heavy atom. The molecule has 2 amide bonds. The highest BCUT2D eigenvalue weighted by Gasteiger charge is 1.97. The van der Waals surface area contributed by atoms with Crippen molar-refractivity contribution in [1.82, 2.24) is 10.6 Å². The number of amides is 2. The average Bonchev–Trinajstić information content (AvgIpc) is 2.04. The van der Waals surface area contributed by atoms with Crippen LogP contribution < -0.4 is 16.4 Å². The summed E-state index contributed by atoms with van der Waals surface area (Å²) in [6.07, 6.45) is 1.40. The number of carbonyl (C=O) groups excluding carboxylic acids is 2. The van der Waals surface area contributed by atoms with E-state index in [1.807, 2.05) is 0 Å². The molecule has 0 aromatic carbocycles. The van der Waals surface area contributed by atoms with Gasteiger partial charge in [0.25, 0.3) is 0 Å². The second kappa shape index (κ2) is 6.36. The molecule has 0 aliphatic heterocycles. The molecular weight excluding hydrogens is 158 g/mol. The van der Waals surface area contributed by atoms with E-state index in [2.05, 4.69) is 17.2 Å². The summed E-state index contributed by atoms with van der Waals surface area (Å²) in [4.78, 5) is 21.3. The molecular formula is C7H13N3O2. The number of nitrogens with two attached hydrogens (primary N) is 1. The molecule has 12 heavy (non-hydrogen) atoms. The summed E-state index contributed by atoms with van der Waals surface area (Å²) in [6.45, 7) is 3.67. The van der Waals surface area contributed by atoms with Gasteiger partial charge in [-0.25, -0.2) is 0 Å². The van der Waals surface area contributed by atoms with E-state index in [-0.39, 0.29) is 24.9 Å². The van der Waals surface area contributed by atoms with Crippen LogP contribution in [0.4, 0.5) is 0 Å². The molecule has 5 heteroatoms. The van der Waals surface area contributed by atoms with Crippen LogP contribution >= 0.6 is 0 Å². The van der Waals surface area contributed by atoms with Gasteiger partial charge in [-0.05, 0) is 6.08 Å². The summed E-state index contributed by atoms with van der Waals surface area (Å²) in [7, 11) is 0. The first-order valence-corrected chi connectivity index (χ1v) is 3.57. The molecule has 0 bridgehead atoms. The topological polar surface area (TPSA) is 84.2 Å². The minimum atomic E-state index is -0.317. The second-order valence-electron chi connectivity index (χ2n) is 2.06. The van der Waals surface area contributed by atoms with Crippen LogP contribution in [-0.2, 0) is 9.59 Å². The van der Waals surface area contributed by atoms with Gasteiger partial charge in [-0.3, -0.25) is 9.59 Å². The van der Waals surface area contributed by atoms with Gasteiger partial charge in [0.2, 0.25) is 11.8 Å². The Morgan fingerprint density at radius 2 is 2.08 bits per heavy atom. The molecule has 0 saturated carbocycles. The molecule has 0 unspecified atom stereocenters. The fraction of sp³-hybridized carbons (Fsp3) is 0.429. The van der Waals surface area contributed by atoms with Crippen molar-refractivity contribution in [2.75, 3.05) is 13.2 Å². The van der Waals surface area contributed by atoms with E-state index >= 15 is 0 Å². The van der Waals surface area contributed by atoms with Crippen molar-refractivity contribution in [1.29, 1.82) is 0 Å². The summed E-state index contributed by atoms with van der Waals surface area (Å²) in [5, 5.41) is 4.84. The third kappa shape index (κ3) is 5.43. The van der Waals surface area contributed by atoms with Gasteiger partial charge in [0.15, 0.2) is 0 Å². The second-order valence-corrected chi connectivity index (χ2v) is 2.06. The van der Waals surface area contributed by atoms with Crippen LogP contribution in [0.1, 0.15) is 6.42 Å². The molecule has 68 valence electrons. The Balaban J connectivity index is 3.36. The third-order valence-electron chi connectivity index (χ3n) is 1.10. The Kier molecular flexibility index (Phi) is 5.64. The Hall–Kier alpha value is -1.36. The van der Waals surface area contributed by atoms with Crippen molar-refractivity contribution in [3.05, 3.63) is 12.7 Å². The predicted octanol–water partition coefficient (Wildman–Crippen LogP) is -1.29. The molecule has 0 atom stereocenters. The first-order chi connectivity index (χ1) is 5.70. The zero-order valence-electron chi connectivity index (χ0n) is 6.80. The monoisotopic (exact) mass is 171 g/mol. The van der Waals surface area contributed by atoms with E-state index in [1.165, 1.54) is 0 Å². The third-order valence-corrected chi connectivity index (χ3v) is 1.10. The van der Waals surface area contributed by atoms with Crippen molar-refractivity contribution < 1.29 is 9.59 Å². The summed E-state index contributed by atoms with van der Waals surface area (Å²) in [5.74, 6) is -0.495. The quantitative estimate of drug-likeness (QED) is 0.355. The van der Waals surface area contributed by atoms with Gasteiger partial charge in [0.05, 0.1) is 6.67 Å². The molecule has 0 heterocycles. The van der Waals surface area contributed by atoms with Gasteiger partial charge in [-0.1, -0.05) is 6.58 Å². The first-order valence-electron chi connectivity index (χ1n) is 3.57. The van der Waals surface area contributed by atoms with Gasteiger partial charge in [0, 0.05) is 13.0 Å². The molecule has 0 spiro atoms. The molecule has 0 saturated heterocycles. The highest BCUT2D eigenvalue weighted by molar-refractivity contribution is 5.87. The highest BCUT2D eigenvalue weighted by atomic mass is 16.2. The smallest absolute Gasteiger partial charge is 0.244 e. The van der Waals surface area contributed by atoms with Crippen LogP contribution in [0.15, 0.2) is 12.7 Å². The fourth-order valence-electron chi connectivity index (χ4n) is 0.522. The van der Waals surface area contributed by atoms with Crippen molar-refractivity contribution >= 4 is 11.8 Å². The van der Waals surface area contributed by atoms with Gasteiger partial charge in [0.1, 0.15) is 0 Å². The van der Waals surface area contributed by atoms with Crippen LogP contribution in [0, 0.1) is 0 Å². The standard InChI is InChI=1S/C7H13N3O2/c1-2-6(11)9-5-10-7(12)3-4-8/h2H,1,3-5,8H2,(H,9,11)(H,10,12). The molecule has 4 N–H and O–H groups in total. The zero-order valence-corrected chi connectivity index (χ0v) is 6.80. The summed E-state index contributed by atoms with van der Waals surface area (Å²) >= 11 is 0. The largest absolute Gasteiger partial charge is 0.339 e. The number of hydrogen-bond acceptors (Lipinski definition) is 3. The molecule has 0 aromatic heterocycles. The van der Waals surface area contributed by atoms with E-state index in [1.54, 1.807) is 0 Å². The minimum absolute atomic E-state index is 0.115. The Morgan fingerprint density at radius 3 is 2.58 bits per heavy atom. The zero-order chi connectivity index (χ0) is 9.40. The molecule has 0 aromatic rings. The van der Waals surface area contributed by atoms with Gasteiger partial charge < -0.3 is 16.4 Å². The van der Waals surface area contributed by atoms with E-state index in [0.717, 1.165) is 6.08 Å². The molecule has 0 aliphatic rings. The maximum atomic E-state index is 10.7. The Labute approximate surface area is 71.0 Å². The van der Waals surface area contributed by atoms with Crippen molar-refractivity contribution in [2.45, 2.75) is 6.42 Å². The number of hydrogen-bond donors (Lipinski definition) is 3. The molecule has 0 fully saturated rings. The van der Waals surface area contributed by atoms with Gasteiger partial charge in [-0.2, -0.15) is 0 Å². The fourth-order valence-corrected chi connectivity index (χ4v) is 0.522. The van der Waals surface area contributed by atoms with Crippen LogP contribution in [0.5, 0.6) is 0 Å². The molecule has 0 aliphatic carbocycles. The summed E-state index contributed by atoms with van der Waals surface area (Å²) in [5.41, 5.74) is 5.12. The van der Waals surface area contributed by atoms with Crippen LogP contribution in [-0.4, -0.2) is 25.0 Å². The van der Waals surface area contributed by atoms with Crippen molar-refractivity contribution in [3.8, 4) is 0 Å². The number of rotatable bonds is 5. The lowest BCUT2D eigenvalue weighted by atomic mass is 10.4. The lowest BCUT2D eigenvalue weighted by molar-refractivity contribution is -0.121. The first kappa shape index (κ1) is 10.6. The maximum Gasteiger partial charge on any atom is 0.244 e. The van der Waals surface area contributed by atoms with Crippen molar-refractivity contribution in [2.24, 2.45) is 5.73 Å². The van der Waals surface area contributed by atoms with Gasteiger partial charge in [-0.15, -0.1) is 0 Å². The van der Waals surface area contributed by atoms with Crippen LogP contribution in [0.2, 0.25) is 0 Å². The Bertz CT molecular complexity index is 179. The maximum absolute atomic E-state index is 10.7. The van der Waals surface area contributed by atoms with Crippen LogP contribution in [0.3, 0.4) is 0 Å². The molecule has 5 nitrogen and oxygen atoms in total. The molecule has 0 rings (SSSR count). The van der Waals surface area contributed by atoms with E-state index < -0.39 is 0 Å².